The van der Waals surface area contributed by atoms with Crippen molar-refractivity contribution >= 4 is 0 Å². The average Bonchev–Trinajstić information content (AvgIpc) is 2.14. The Morgan fingerprint density at radius 2 is 2.46 bits per heavy atom. The number of hydrogen-bond acceptors (Lipinski definition) is 2. The van der Waals surface area contributed by atoms with E-state index < -0.39 is 0 Å². The molecule has 0 aromatic carbocycles. The third-order valence-corrected chi connectivity index (χ3v) is 1.74. The Kier molecular flexibility index (Phi) is 3.58. The van der Waals surface area contributed by atoms with Crippen molar-refractivity contribution < 1.29 is 4.39 Å². The molecule has 0 bridgehead atoms. The molecule has 1 aromatic heterocycles. The van der Waals surface area contributed by atoms with E-state index in [1.807, 2.05) is 6.92 Å². The van der Waals surface area contributed by atoms with Crippen LogP contribution in [0.15, 0.2) is 31.1 Å². The molecule has 2 nitrogen and oxygen atoms in total. The van der Waals surface area contributed by atoms with Gasteiger partial charge < -0.3 is 5.32 Å². The van der Waals surface area contributed by atoms with Crippen LogP contribution in [0.25, 0.3) is 0 Å². The molecule has 1 heterocycles. The van der Waals surface area contributed by atoms with E-state index in [0.29, 0.717) is 0 Å². The quantitative estimate of drug-likeness (QED) is 0.717. The second-order valence-corrected chi connectivity index (χ2v) is 2.71. The molecule has 1 rings (SSSR count). The summed E-state index contributed by atoms with van der Waals surface area (Å²) in [6, 6.07) is 1.44. The number of nitrogens with one attached hydrogen (secondary N) is 1. The standard InChI is InChI=1S/C10H13FN2/c1-3-10(13-4-2)8-5-9(11)7-12-6-8/h3,5-7,10,13H,1,4H2,2H3. The van der Waals surface area contributed by atoms with Crippen molar-refractivity contribution in [3.05, 3.63) is 42.5 Å². The van der Waals surface area contributed by atoms with Gasteiger partial charge in [0, 0.05) is 6.20 Å². The van der Waals surface area contributed by atoms with Crippen LogP contribution in [0.4, 0.5) is 4.39 Å². The van der Waals surface area contributed by atoms with Gasteiger partial charge in [0.15, 0.2) is 0 Å². The molecule has 0 spiro atoms. The first-order valence-electron chi connectivity index (χ1n) is 4.24. The summed E-state index contributed by atoms with van der Waals surface area (Å²) in [5, 5.41) is 3.15. The lowest BCUT2D eigenvalue weighted by Crippen LogP contribution is -2.18. The van der Waals surface area contributed by atoms with Gasteiger partial charge in [-0.25, -0.2) is 4.39 Å². The van der Waals surface area contributed by atoms with Crippen LogP contribution in [0.5, 0.6) is 0 Å². The molecule has 1 unspecified atom stereocenters. The Bertz CT molecular complexity index is 286. The van der Waals surface area contributed by atoms with Crippen LogP contribution in [-0.4, -0.2) is 11.5 Å². The predicted octanol–water partition coefficient (Wildman–Crippen LogP) is 2.06. The number of likely N-dealkylation sites (N-methyl/N-ethyl adjacent to an activating group) is 1. The first-order chi connectivity index (χ1) is 6.27. The molecule has 70 valence electrons. The molecule has 0 fully saturated rings. The van der Waals surface area contributed by atoms with Crippen molar-refractivity contribution in [1.82, 2.24) is 10.3 Å². The summed E-state index contributed by atoms with van der Waals surface area (Å²) in [6.45, 7) is 6.47. The van der Waals surface area contributed by atoms with Crippen molar-refractivity contribution in [3.8, 4) is 0 Å². The van der Waals surface area contributed by atoms with Crippen LogP contribution in [0.3, 0.4) is 0 Å². The van der Waals surface area contributed by atoms with Gasteiger partial charge in [0.1, 0.15) is 5.82 Å². The largest absolute Gasteiger partial charge is 0.307 e. The van der Waals surface area contributed by atoms with Crippen molar-refractivity contribution in [2.45, 2.75) is 13.0 Å². The molecule has 1 aromatic rings. The van der Waals surface area contributed by atoms with Crippen LogP contribution in [-0.2, 0) is 0 Å². The third kappa shape index (κ3) is 2.63. The van der Waals surface area contributed by atoms with Gasteiger partial charge in [0.2, 0.25) is 0 Å². The number of nitrogens with zero attached hydrogens (tertiary/aromatic N) is 1. The van der Waals surface area contributed by atoms with Gasteiger partial charge in [-0.15, -0.1) is 6.58 Å². The molecule has 13 heavy (non-hydrogen) atoms. The molecule has 0 saturated heterocycles. The second-order valence-electron chi connectivity index (χ2n) is 2.71. The molecule has 0 aliphatic heterocycles. The molecular formula is C10H13FN2. The fraction of sp³-hybridized carbons (Fsp3) is 0.300. The summed E-state index contributed by atoms with van der Waals surface area (Å²) in [6.07, 6.45) is 4.56. The summed E-state index contributed by atoms with van der Waals surface area (Å²) >= 11 is 0. The smallest absolute Gasteiger partial charge is 0.141 e. The number of hydrogen-bond donors (Lipinski definition) is 1. The van der Waals surface area contributed by atoms with Gasteiger partial charge in [-0.2, -0.15) is 0 Å². The highest BCUT2D eigenvalue weighted by Gasteiger charge is 2.06. The highest BCUT2D eigenvalue weighted by atomic mass is 19.1. The maximum atomic E-state index is 12.8. The molecule has 3 heteroatoms. The van der Waals surface area contributed by atoms with Crippen LogP contribution >= 0.6 is 0 Å². The van der Waals surface area contributed by atoms with E-state index in [1.165, 1.54) is 12.3 Å². The van der Waals surface area contributed by atoms with Crippen molar-refractivity contribution in [2.75, 3.05) is 6.54 Å². The highest BCUT2D eigenvalue weighted by Crippen LogP contribution is 2.12. The minimum Gasteiger partial charge on any atom is -0.307 e. The van der Waals surface area contributed by atoms with Crippen LogP contribution in [0.2, 0.25) is 0 Å². The predicted molar refractivity (Wildman–Crippen MR) is 50.8 cm³/mol. The summed E-state index contributed by atoms with van der Waals surface area (Å²) in [5.74, 6) is -0.317. The van der Waals surface area contributed by atoms with Gasteiger partial charge in [0.25, 0.3) is 0 Å². The van der Waals surface area contributed by atoms with Crippen LogP contribution in [0, 0.1) is 5.82 Å². The van der Waals surface area contributed by atoms with Gasteiger partial charge in [-0.05, 0) is 18.2 Å². The molecule has 1 atom stereocenters. The van der Waals surface area contributed by atoms with Gasteiger partial charge in [-0.1, -0.05) is 13.0 Å². The van der Waals surface area contributed by atoms with Gasteiger partial charge >= 0.3 is 0 Å². The minimum absolute atomic E-state index is 0.0202. The van der Waals surface area contributed by atoms with E-state index >= 15 is 0 Å². The summed E-state index contributed by atoms with van der Waals surface area (Å²) in [4.78, 5) is 3.77. The Labute approximate surface area is 77.5 Å². The molecule has 0 radical (unpaired) electrons. The topological polar surface area (TPSA) is 24.9 Å². The van der Waals surface area contributed by atoms with E-state index in [1.54, 1.807) is 12.3 Å². The van der Waals surface area contributed by atoms with E-state index in [2.05, 4.69) is 16.9 Å². The maximum Gasteiger partial charge on any atom is 0.141 e. The van der Waals surface area contributed by atoms with Gasteiger partial charge in [-0.3, -0.25) is 4.98 Å². The lowest BCUT2D eigenvalue weighted by molar-refractivity contribution is 0.602. The van der Waals surface area contributed by atoms with Crippen molar-refractivity contribution in [2.24, 2.45) is 0 Å². The molecule has 0 saturated carbocycles. The van der Waals surface area contributed by atoms with Crippen LogP contribution in [0.1, 0.15) is 18.5 Å². The first-order valence-corrected chi connectivity index (χ1v) is 4.24. The summed E-state index contributed by atoms with van der Waals surface area (Å²) in [7, 11) is 0. The zero-order valence-corrected chi connectivity index (χ0v) is 7.63. The summed E-state index contributed by atoms with van der Waals surface area (Å²) < 4.78 is 12.8. The summed E-state index contributed by atoms with van der Waals surface area (Å²) in [5.41, 5.74) is 0.803. The van der Waals surface area contributed by atoms with E-state index in [0.717, 1.165) is 12.1 Å². The molecule has 0 aliphatic carbocycles. The number of pyridine rings is 1. The Morgan fingerprint density at radius 1 is 1.69 bits per heavy atom. The Balaban J connectivity index is 2.84. The lowest BCUT2D eigenvalue weighted by atomic mass is 10.1. The molecule has 0 amide bonds. The SMILES string of the molecule is C=CC(NCC)c1cncc(F)c1. The number of rotatable bonds is 4. The second kappa shape index (κ2) is 4.72. The number of aromatic nitrogens is 1. The normalized spacial score (nSPS) is 12.5. The third-order valence-electron chi connectivity index (χ3n) is 1.74. The average molecular weight is 180 g/mol. The van der Waals surface area contributed by atoms with E-state index in [9.17, 15) is 4.39 Å². The fourth-order valence-electron chi connectivity index (χ4n) is 1.16. The lowest BCUT2D eigenvalue weighted by Gasteiger charge is -2.12. The maximum absolute atomic E-state index is 12.8. The number of halogens is 1. The minimum atomic E-state index is -0.317. The molecule has 0 aliphatic rings. The zero-order valence-electron chi connectivity index (χ0n) is 7.63. The zero-order chi connectivity index (χ0) is 9.68. The van der Waals surface area contributed by atoms with E-state index in [4.69, 9.17) is 0 Å². The van der Waals surface area contributed by atoms with E-state index in [-0.39, 0.29) is 11.9 Å². The van der Waals surface area contributed by atoms with Gasteiger partial charge in [0.05, 0.1) is 12.2 Å². The van der Waals surface area contributed by atoms with Crippen molar-refractivity contribution in [1.29, 1.82) is 0 Å². The van der Waals surface area contributed by atoms with Crippen molar-refractivity contribution in [3.63, 3.8) is 0 Å². The Hall–Kier alpha value is -1.22. The highest BCUT2D eigenvalue weighted by molar-refractivity contribution is 5.19. The Morgan fingerprint density at radius 3 is 3.00 bits per heavy atom. The fourth-order valence-corrected chi connectivity index (χ4v) is 1.16. The first kappa shape index (κ1) is 9.86. The molecule has 1 N–H and O–H groups in total. The molecular weight excluding hydrogens is 167 g/mol. The monoisotopic (exact) mass is 180 g/mol. The van der Waals surface area contributed by atoms with Crippen LogP contribution < -0.4 is 5.32 Å².